The van der Waals surface area contributed by atoms with Gasteiger partial charge in [-0.1, -0.05) is 18.2 Å². The first-order chi connectivity index (χ1) is 12.3. The maximum Gasteiger partial charge on any atom is 0.191 e. The van der Waals surface area contributed by atoms with E-state index in [9.17, 15) is 0 Å². The van der Waals surface area contributed by atoms with E-state index in [2.05, 4.69) is 39.6 Å². The zero-order valence-corrected chi connectivity index (χ0v) is 15.6. The van der Waals surface area contributed by atoms with E-state index in [4.69, 9.17) is 9.47 Å². The molecule has 1 heterocycles. The molecule has 1 saturated heterocycles. The number of para-hydroxylation sites is 1. The van der Waals surface area contributed by atoms with Crippen LogP contribution in [0.3, 0.4) is 0 Å². The first-order valence-electron chi connectivity index (χ1n) is 9.36. The van der Waals surface area contributed by atoms with Crippen LogP contribution in [0.25, 0.3) is 0 Å². The molecule has 25 heavy (non-hydrogen) atoms. The van der Waals surface area contributed by atoms with E-state index in [0.717, 1.165) is 70.6 Å². The van der Waals surface area contributed by atoms with Gasteiger partial charge in [-0.2, -0.15) is 0 Å². The summed E-state index contributed by atoms with van der Waals surface area (Å²) in [6.07, 6.45) is 0.907. The molecule has 0 bridgehead atoms. The Bertz CT molecular complexity index is 516. The minimum atomic E-state index is 0.691. The van der Waals surface area contributed by atoms with Gasteiger partial charge in [0.05, 0.1) is 26.4 Å². The van der Waals surface area contributed by atoms with Gasteiger partial charge in [0, 0.05) is 32.7 Å². The summed E-state index contributed by atoms with van der Waals surface area (Å²) in [7, 11) is 0. The second-order valence-electron chi connectivity index (χ2n) is 5.93. The molecule has 0 amide bonds. The normalized spacial score (nSPS) is 15.8. The maximum absolute atomic E-state index is 5.68. The summed E-state index contributed by atoms with van der Waals surface area (Å²) in [5, 5.41) is 6.73. The third kappa shape index (κ3) is 7.32. The third-order valence-corrected chi connectivity index (χ3v) is 4.09. The van der Waals surface area contributed by atoms with Crippen LogP contribution in [0.4, 0.5) is 0 Å². The first-order valence-corrected chi connectivity index (χ1v) is 9.36. The summed E-state index contributed by atoms with van der Waals surface area (Å²) in [5.74, 6) is 1.85. The average Bonchev–Trinajstić information content (AvgIpc) is 2.64. The molecule has 2 N–H and O–H groups in total. The first kappa shape index (κ1) is 19.5. The van der Waals surface area contributed by atoms with Crippen molar-refractivity contribution in [2.45, 2.75) is 20.3 Å². The predicted octanol–water partition coefficient (Wildman–Crippen LogP) is 1.52. The molecule has 1 aromatic rings. The fourth-order valence-electron chi connectivity index (χ4n) is 2.79. The van der Waals surface area contributed by atoms with Gasteiger partial charge in [-0.25, -0.2) is 0 Å². The van der Waals surface area contributed by atoms with E-state index >= 15 is 0 Å². The lowest BCUT2D eigenvalue weighted by atomic mass is 10.1. The van der Waals surface area contributed by atoms with Crippen LogP contribution >= 0.6 is 0 Å². The molecule has 1 aliphatic heterocycles. The van der Waals surface area contributed by atoms with Crippen LogP contribution in [0.5, 0.6) is 5.75 Å². The molecule has 6 nitrogen and oxygen atoms in total. The molecular weight excluding hydrogens is 316 g/mol. The number of morpholine rings is 1. The van der Waals surface area contributed by atoms with Crippen molar-refractivity contribution in [3.05, 3.63) is 29.8 Å². The smallest absolute Gasteiger partial charge is 0.191 e. The maximum atomic E-state index is 5.68. The lowest BCUT2D eigenvalue weighted by Crippen LogP contribution is -2.40. The number of hydrogen-bond acceptors (Lipinski definition) is 4. The summed E-state index contributed by atoms with van der Waals surface area (Å²) in [5.41, 5.74) is 1.22. The molecular formula is C19H32N4O2. The number of nitrogens with zero attached hydrogens (tertiary/aromatic N) is 2. The highest BCUT2D eigenvalue weighted by Gasteiger charge is 2.09. The fourth-order valence-corrected chi connectivity index (χ4v) is 2.79. The van der Waals surface area contributed by atoms with Gasteiger partial charge in [0.25, 0.3) is 0 Å². The van der Waals surface area contributed by atoms with Crippen molar-refractivity contribution in [3.8, 4) is 5.75 Å². The number of aliphatic imine (C=N–C) groups is 1. The van der Waals surface area contributed by atoms with E-state index in [1.807, 2.05) is 19.1 Å². The summed E-state index contributed by atoms with van der Waals surface area (Å²) in [4.78, 5) is 7.08. The molecule has 6 heteroatoms. The van der Waals surface area contributed by atoms with E-state index in [-0.39, 0.29) is 0 Å². The predicted molar refractivity (Wildman–Crippen MR) is 103 cm³/mol. The second kappa shape index (κ2) is 11.7. The minimum absolute atomic E-state index is 0.691. The average molecular weight is 348 g/mol. The van der Waals surface area contributed by atoms with Gasteiger partial charge >= 0.3 is 0 Å². The van der Waals surface area contributed by atoms with Gasteiger partial charge in [0.1, 0.15) is 5.75 Å². The molecule has 1 fully saturated rings. The van der Waals surface area contributed by atoms with Crippen LogP contribution in [0.2, 0.25) is 0 Å². The van der Waals surface area contributed by atoms with Crippen molar-refractivity contribution in [1.82, 2.24) is 15.5 Å². The number of nitrogens with one attached hydrogen (secondary N) is 2. The molecule has 0 unspecified atom stereocenters. The molecule has 1 aliphatic rings. The summed E-state index contributed by atoms with van der Waals surface area (Å²) in [6, 6.07) is 8.22. The number of hydrogen-bond donors (Lipinski definition) is 2. The van der Waals surface area contributed by atoms with Gasteiger partial charge in [0.15, 0.2) is 5.96 Å². The Hall–Kier alpha value is -1.79. The second-order valence-corrected chi connectivity index (χ2v) is 5.93. The largest absolute Gasteiger partial charge is 0.494 e. The number of ether oxygens (including phenoxy) is 2. The lowest BCUT2D eigenvalue weighted by molar-refractivity contribution is 0.0394. The summed E-state index contributed by atoms with van der Waals surface area (Å²) >= 11 is 0. The minimum Gasteiger partial charge on any atom is -0.494 e. The quantitative estimate of drug-likeness (QED) is 0.523. The van der Waals surface area contributed by atoms with Crippen LogP contribution < -0.4 is 15.4 Å². The Labute approximate surface area is 151 Å². The van der Waals surface area contributed by atoms with Crippen molar-refractivity contribution >= 4 is 5.96 Å². The zero-order valence-electron chi connectivity index (χ0n) is 15.6. The zero-order chi connectivity index (χ0) is 17.7. The van der Waals surface area contributed by atoms with E-state index < -0.39 is 0 Å². The SMILES string of the molecule is CCNC(=NCCN1CCOCC1)NCCc1ccccc1OCC. The van der Waals surface area contributed by atoms with E-state index in [1.165, 1.54) is 5.56 Å². The lowest BCUT2D eigenvalue weighted by Gasteiger charge is -2.25. The number of guanidine groups is 1. The van der Waals surface area contributed by atoms with Gasteiger partial charge in [-0.3, -0.25) is 9.89 Å². The van der Waals surface area contributed by atoms with Crippen molar-refractivity contribution in [3.63, 3.8) is 0 Å². The number of benzene rings is 1. The molecule has 0 atom stereocenters. The molecule has 0 spiro atoms. The van der Waals surface area contributed by atoms with Crippen LogP contribution in [-0.2, 0) is 11.2 Å². The molecule has 2 rings (SSSR count). The topological polar surface area (TPSA) is 58.1 Å². The molecule has 140 valence electrons. The Morgan fingerprint density at radius 3 is 2.76 bits per heavy atom. The Morgan fingerprint density at radius 1 is 1.20 bits per heavy atom. The molecule has 0 aliphatic carbocycles. The van der Waals surface area contributed by atoms with Crippen LogP contribution in [0.15, 0.2) is 29.3 Å². The fraction of sp³-hybridized carbons (Fsp3) is 0.632. The Morgan fingerprint density at radius 2 is 2.00 bits per heavy atom. The number of rotatable bonds is 9. The monoisotopic (exact) mass is 348 g/mol. The highest BCUT2D eigenvalue weighted by molar-refractivity contribution is 5.79. The Kier molecular flexibility index (Phi) is 9.15. The van der Waals surface area contributed by atoms with E-state index in [1.54, 1.807) is 0 Å². The van der Waals surface area contributed by atoms with Crippen molar-refractivity contribution < 1.29 is 9.47 Å². The van der Waals surface area contributed by atoms with Crippen molar-refractivity contribution in [1.29, 1.82) is 0 Å². The summed E-state index contributed by atoms with van der Waals surface area (Å²) < 4.78 is 11.1. The molecule has 0 saturated carbocycles. The van der Waals surface area contributed by atoms with Gasteiger partial charge in [0.2, 0.25) is 0 Å². The molecule has 1 aromatic carbocycles. The van der Waals surface area contributed by atoms with Crippen molar-refractivity contribution in [2.75, 3.05) is 59.1 Å². The third-order valence-electron chi connectivity index (χ3n) is 4.09. The van der Waals surface area contributed by atoms with Gasteiger partial charge in [-0.15, -0.1) is 0 Å². The molecule has 0 aromatic heterocycles. The highest BCUT2D eigenvalue weighted by Crippen LogP contribution is 2.17. The van der Waals surface area contributed by atoms with Crippen LogP contribution in [0, 0.1) is 0 Å². The van der Waals surface area contributed by atoms with Crippen LogP contribution in [-0.4, -0.2) is 69.9 Å². The van der Waals surface area contributed by atoms with Gasteiger partial charge < -0.3 is 20.1 Å². The van der Waals surface area contributed by atoms with Gasteiger partial charge in [-0.05, 0) is 31.9 Å². The molecule has 0 radical (unpaired) electrons. The summed E-state index contributed by atoms with van der Waals surface area (Å²) in [6.45, 7) is 11.9. The highest BCUT2D eigenvalue weighted by atomic mass is 16.5. The van der Waals surface area contributed by atoms with Crippen molar-refractivity contribution in [2.24, 2.45) is 4.99 Å². The van der Waals surface area contributed by atoms with E-state index in [0.29, 0.717) is 6.61 Å². The standard InChI is InChI=1S/C19H32N4O2/c1-3-20-19(22-11-12-23-13-15-24-16-14-23)21-10-9-17-7-5-6-8-18(17)25-4-2/h5-8H,3-4,9-16H2,1-2H3,(H2,20,21,22). The Balaban J connectivity index is 1.77. The van der Waals surface area contributed by atoms with Crippen LogP contribution in [0.1, 0.15) is 19.4 Å².